The van der Waals surface area contributed by atoms with E-state index in [4.69, 9.17) is 9.47 Å². The molecule has 0 fully saturated rings. The third-order valence-electron chi connectivity index (χ3n) is 9.47. The van der Waals surface area contributed by atoms with E-state index in [0.29, 0.717) is 13.2 Å². The Morgan fingerprint density at radius 2 is 0.933 bits per heavy atom. The largest absolute Gasteiger partial charge is 0.465 e. The van der Waals surface area contributed by atoms with Gasteiger partial charge in [0.15, 0.2) is 0 Å². The van der Waals surface area contributed by atoms with Crippen molar-refractivity contribution in [1.29, 1.82) is 0 Å². The average molecular weight is 640 g/mol. The van der Waals surface area contributed by atoms with Crippen LogP contribution in [0.25, 0.3) is 0 Å². The predicted molar refractivity (Wildman–Crippen MR) is 191 cm³/mol. The summed E-state index contributed by atoms with van der Waals surface area (Å²) in [5.41, 5.74) is -0.597. The molecule has 0 bridgehead atoms. The van der Waals surface area contributed by atoms with Gasteiger partial charge in [0, 0.05) is 0 Å². The van der Waals surface area contributed by atoms with E-state index in [1.54, 1.807) is 0 Å². The van der Waals surface area contributed by atoms with Gasteiger partial charge in [-0.2, -0.15) is 0 Å². The minimum absolute atomic E-state index is 0.0212. The molecule has 0 radical (unpaired) electrons. The number of carbonyl (C=O) groups is 2. The summed E-state index contributed by atoms with van der Waals surface area (Å²) in [5.74, 6) is 0.0593. The molecule has 0 saturated carbocycles. The Hall–Kier alpha value is -1.14. The van der Waals surface area contributed by atoms with E-state index in [2.05, 4.69) is 46.4 Å². The predicted octanol–water partition coefficient (Wildman–Crippen LogP) is 10.4. The summed E-state index contributed by atoms with van der Waals surface area (Å²) in [6, 6.07) is 0. The normalized spacial score (nSPS) is 14.3. The Morgan fingerprint density at radius 1 is 0.533 bits per heavy atom. The molecular formula is C39H77NO5. The second-order valence-corrected chi connectivity index (χ2v) is 13.7. The van der Waals surface area contributed by atoms with E-state index in [9.17, 15) is 14.7 Å². The maximum absolute atomic E-state index is 12.3. The van der Waals surface area contributed by atoms with E-state index < -0.39 is 5.60 Å². The number of nitrogens with zero attached hydrogens (tertiary/aromatic N) is 1. The number of ether oxygens (including phenoxy) is 2. The molecule has 1 N–H and O–H groups in total. The van der Waals surface area contributed by atoms with Crippen LogP contribution in [0, 0.1) is 11.8 Å². The molecule has 2 unspecified atom stereocenters. The van der Waals surface area contributed by atoms with Crippen molar-refractivity contribution in [3.05, 3.63) is 0 Å². The zero-order chi connectivity index (χ0) is 33.6. The zero-order valence-electron chi connectivity index (χ0n) is 31.0. The number of esters is 2. The monoisotopic (exact) mass is 640 g/mol. The highest BCUT2D eigenvalue weighted by molar-refractivity contribution is 5.72. The minimum atomic E-state index is -0.597. The topological polar surface area (TPSA) is 76.1 Å². The lowest BCUT2D eigenvalue weighted by Gasteiger charge is -2.29. The van der Waals surface area contributed by atoms with E-state index >= 15 is 0 Å². The van der Waals surface area contributed by atoms with Crippen molar-refractivity contribution in [2.45, 2.75) is 195 Å². The van der Waals surface area contributed by atoms with E-state index in [1.165, 1.54) is 25.9 Å². The van der Waals surface area contributed by atoms with Crippen molar-refractivity contribution in [1.82, 2.24) is 4.90 Å². The van der Waals surface area contributed by atoms with Gasteiger partial charge < -0.3 is 19.5 Å². The van der Waals surface area contributed by atoms with Gasteiger partial charge in [-0.15, -0.1) is 0 Å². The third-order valence-corrected chi connectivity index (χ3v) is 9.47. The first-order valence-electron chi connectivity index (χ1n) is 19.6. The Kier molecular flexibility index (Phi) is 29.4. The van der Waals surface area contributed by atoms with Crippen LogP contribution < -0.4 is 0 Å². The number of aliphatic hydroxyl groups is 1. The zero-order valence-corrected chi connectivity index (χ0v) is 31.0. The van der Waals surface area contributed by atoms with Gasteiger partial charge in [-0.1, -0.05) is 106 Å². The van der Waals surface area contributed by atoms with Crippen molar-refractivity contribution in [3.63, 3.8) is 0 Å². The van der Waals surface area contributed by atoms with Crippen molar-refractivity contribution in [2.75, 3.05) is 32.8 Å². The van der Waals surface area contributed by atoms with Crippen molar-refractivity contribution in [2.24, 2.45) is 11.8 Å². The van der Waals surface area contributed by atoms with Crippen LogP contribution in [0.2, 0.25) is 0 Å². The Bertz CT molecular complexity index is 636. The van der Waals surface area contributed by atoms with E-state index in [0.717, 1.165) is 141 Å². The molecule has 0 amide bonds. The standard InChI is InChI=1S/C39H77NO5/c1-7-13-25-35(11-5)37(41)44-33-23-17-15-19-27-39(43,29-21-22-32-40(30-9-3)31-10-4)28-20-16-18-24-34-45-38(42)36(12-6)26-14-8-2/h35-36,43H,7-34H2,1-6H3. The van der Waals surface area contributed by atoms with Gasteiger partial charge in [0.05, 0.1) is 30.7 Å². The summed E-state index contributed by atoms with van der Waals surface area (Å²) >= 11 is 0. The molecule has 0 aromatic carbocycles. The molecule has 0 aromatic heterocycles. The fraction of sp³-hybridized carbons (Fsp3) is 0.949. The highest BCUT2D eigenvalue weighted by atomic mass is 16.5. The Labute approximate surface area is 280 Å². The second kappa shape index (κ2) is 30.2. The Balaban J connectivity index is 4.56. The van der Waals surface area contributed by atoms with Crippen LogP contribution in [0.4, 0.5) is 0 Å². The SMILES string of the molecule is CCCCC(CC)C(=O)OCCCCCCC(O)(CCCCCCOC(=O)C(CC)CCCC)CCCCN(CCC)CCC. The van der Waals surface area contributed by atoms with Crippen LogP contribution in [-0.2, 0) is 19.1 Å². The summed E-state index contributed by atoms with van der Waals surface area (Å²) in [5, 5.41) is 11.7. The number of hydrogen-bond acceptors (Lipinski definition) is 6. The maximum atomic E-state index is 12.3. The van der Waals surface area contributed by atoms with Crippen molar-refractivity contribution >= 4 is 11.9 Å². The quantitative estimate of drug-likeness (QED) is 0.0569. The molecule has 0 saturated heterocycles. The summed E-state index contributed by atoms with van der Waals surface area (Å²) < 4.78 is 11.2. The molecule has 45 heavy (non-hydrogen) atoms. The van der Waals surface area contributed by atoms with Crippen LogP contribution >= 0.6 is 0 Å². The molecule has 6 nitrogen and oxygen atoms in total. The Morgan fingerprint density at radius 3 is 1.31 bits per heavy atom. The summed E-state index contributed by atoms with van der Waals surface area (Å²) in [6.07, 6.45) is 23.2. The molecule has 268 valence electrons. The second-order valence-electron chi connectivity index (χ2n) is 13.7. The lowest BCUT2D eigenvalue weighted by Crippen LogP contribution is -2.30. The number of carbonyl (C=O) groups excluding carboxylic acids is 2. The molecule has 2 atom stereocenters. The van der Waals surface area contributed by atoms with Crippen LogP contribution in [0.3, 0.4) is 0 Å². The fourth-order valence-electron chi connectivity index (χ4n) is 6.41. The van der Waals surface area contributed by atoms with Gasteiger partial charge in [-0.3, -0.25) is 9.59 Å². The molecule has 0 aliphatic carbocycles. The lowest BCUT2D eigenvalue weighted by molar-refractivity contribution is -0.150. The molecule has 6 heteroatoms. The molecule has 0 rings (SSSR count). The molecule has 0 heterocycles. The fourth-order valence-corrected chi connectivity index (χ4v) is 6.41. The third kappa shape index (κ3) is 23.8. The van der Waals surface area contributed by atoms with Gasteiger partial charge in [0.25, 0.3) is 0 Å². The minimum Gasteiger partial charge on any atom is -0.465 e. The number of hydrogen-bond donors (Lipinski definition) is 1. The molecule has 0 aromatic rings. The first-order chi connectivity index (χ1) is 21.8. The molecule has 0 spiro atoms. The van der Waals surface area contributed by atoms with Crippen LogP contribution in [-0.4, -0.2) is 60.4 Å². The van der Waals surface area contributed by atoms with Gasteiger partial charge >= 0.3 is 11.9 Å². The lowest BCUT2D eigenvalue weighted by atomic mass is 9.85. The van der Waals surface area contributed by atoms with Crippen LogP contribution in [0.5, 0.6) is 0 Å². The summed E-state index contributed by atoms with van der Waals surface area (Å²) in [7, 11) is 0. The number of unbranched alkanes of at least 4 members (excludes halogenated alkanes) is 9. The highest BCUT2D eigenvalue weighted by Gasteiger charge is 2.25. The molecule has 0 aliphatic rings. The van der Waals surface area contributed by atoms with Gasteiger partial charge in [-0.25, -0.2) is 0 Å². The smallest absolute Gasteiger partial charge is 0.308 e. The first kappa shape index (κ1) is 43.9. The highest BCUT2D eigenvalue weighted by Crippen LogP contribution is 2.28. The van der Waals surface area contributed by atoms with Gasteiger partial charge in [0.2, 0.25) is 0 Å². The molecule has 0 aliphatic heterocycles. The van der Waals surface area contributed by atoms with E-state index in [-0.39, 0.29) is 23.8 Å². The summed E-state index contributed by atoms with van der Waals surface area (Å²) in [6.45, 7) is 17.5. The molecular weight excluding hydrogens is 562 g/mol. The van der Waals surface area contributed by atoms with E-state index in [1.807, 2.05) is 0 Å². The van der Waals surface area contributed by atoms with Crippen molar-refractivity contribution in [3.8, 4) is 0 Å². The van der Waals surface area contributed by atoms with Crippen LogP contribution in [0.1, 0.15) is 189 Å². The number of rotatable bonds is 33. The maximum Gasteiger partial charge on any atom is 0.308 e. The average Bonchev–Trinajstić information content (AvgIpc) is 3.03. The van der Waals surface area contributed by atoms with Crippen LogP contribution in [0.15, 0.2) is 0 Å². The summed E-state index contributed by atoms with van der Waals surface area (Å²) in [4.78, 5) is 27.3. The van der Waals surface area contributed by atoms with Crippen molar-refractivity contribution < 1.29 is 24.2 Å². The van der Waals surface area contributed by atoms with Gasteiger partial charge in [-0.05, 0) is 103 Å². The first-order valence-corrected chi connectivity index (χ1v) is 19.6. The van der Waals surface area contributed by atoms with Gasteiger partial charge in [0.1, 0.15) is 0 Å².